The van der Waals surface area contributed by atoms with Crippen LogP contribution in [-0.2, 0) is 0 Å². The molecule has 0 spiro atoms. The van der Waals surface area contributed by atoms with Crippen LogP contribution in [0.5, 0.6) is 0 Å². The van der Waals surface area contributed by atoms with E-state index >= 15 is 0 Å². The summed E-state index contributed by atoms with van der Waals surface area (Å²) < 4.78 is 0. The first-order valence-corrected chi connectivity index (χ1v) is 6.60. The lowest BCUT2D eigenvalue weighted by Crippen LogP contribution is -2.17. The number of rotatable bonds is 2. The quantitative estimate of drug-likeness (QED) is 0.373. The molecule has 3 N–H and O–H groups in total. The Hall–Kier alpha value is -2.09. The Labute approximate surface area is 115 Å². The van der Waals surface area contributed by atoms with Crippen LogP contribution in [0.15, 0.2) is 28.3 Å². The van der Waals surface area contributed by atoms with Crippen molar-refractivity contribution < 1.29 is 5.03 Å². The Bertz CT molecular complexity index is 542. The summed E-state index contributed by atoms with van der Waals surface area (Å²) in [5.41, 5.74) is 8.48. The molecule has 0 unspecified atom stereocenters. The molecule has 0 fully saturated rings. The number of hydrazone groups is 1. The van der Waals surface area contributed by atoms with Gasteiger partial charge in [0, 0.05) is 5.69 Å². The first kappa shape index (κ1) is 15.0. The zero-order valence-electron chi connectivity index (χ0n) is 10.9. The first-order chi connectivity index (χ1) is 8.92. The number of hydrogen-bond donors (Lipinski definition) is 2. The lowest BCUT2D eigenvalue weighted by atomic mass is 10.1. The van der Waals surface area contributed by atoms with Crippen molar-refractivity contribution in [1.82, 2.24) is 0 Å². The van der Waals surface area contributed by atoms with Gasteiger partial charge in [0.2, 0.25) is 0 Å². The average Bonchev–Trinajstić information content (AvgIpc) is 2.32. The molecule has 0 saturated carbocycles. The number of nitrogens with one attached hydrogen (secondary N) is 1. The van der Waals surface area contributed by atoms with E-state index in [1.807, 2.05) is 32.0 Å². The van der Waals surface area contributed by atoms with Crippen molar-refractivity contribution in [2.24, 2.45) is 15.8 Å². The maximum Gasteiger partial charge on any atom is 0.294 e. The summed E-state index contributed by atoms with van der Waals surface area (Å²) in [5, 5.41) is 15.7. The first-order valence-electron chi connectivity index (χ1n) is 5.38. The summed E-state index contributed by atoms with van der Waals surface area (Å²) in [4.78, 5) is 14.0. The van der Waals surface area contributed by atoms with Gasteiger partial charge in [0.15, 0.2) is 10.2 Å². The summed E-state index contributed by atoms with van der Waals surface area (Å²) in [6.45, 7) is 4.02. The number of aryl methyl sites for hydroxylation is 2. The van der Waals surface area contributed by atoms with E-state index in [1.165, 1.54) is 17.3 Å². The molecule has 0 aromatic heterocycles. The normalized spacial score (nSPS) is 12.4. The van der Waals surface area contributed by atoms with E-state index in [9.17, 15) is 10.1 Å². The summed E-state index contributed by atoms with van der Waals surface area (Å²) in [6.07, 6.45) is 1.78. The monoisotopic (exact) mass is 281 g/mol. The van der Waals surface area contributed by atoms with Crippen molar-refractivity contribution in [3.8, 4) is 0 Å². The van der Waals surface area contributed by atoms with E-state index in [1.54, 1.807) is 6.26 Å². The molecule has 0 aliphatic heterocycles. The molecular formula is C11H15N5O2S. The Kier molecular flexibility index (Phi) is 5.31. The minimum absolute atomic E-state index is 0.398. The van der Waals surface area contributed by atoms with Crippen LogP contribution in [0.1, 0.15) is 11.1 Å². The highest BCUT2D eigenvalue weighted by atomic mass is 32.2. The molecule has 1 rings (SSSR count). The lowest BCUT2D eigenvalue weighted by molar-refractivity contribution is -0.485. The van der Waals surface area contributed by atoms with Gasteiger partial charge in [0.05, 0.1) is 0 Å². The number of amidine groups is 1. The van der Waals surface area contributed by atoms with Gasteiger partial charge in [-0.15, -0.1) is 0 Å². The molecule has 8 heteroatoms. The molecule has 19 heavy (non-hydrogen) atoms. The second kappa shape index (κ2) is 6.74. The summed E-state index contributed by atoms with van der Waals surface area (Å²) in [6, 6.07) is 5.83. The third-order valence-corrected chi connectivity index (χ3v) is 2.93. The number of nitrogens with two attached hydrogens (primary N) is 1. The predicted octanol–water partition coefficient (Wildman–Crippen LogP) is 1.94. The van der Waals surface area contributed by atoms with E-state index in [2.05, 4.69) is 15.4 Å². The summed E-state index contributed by atoms with van der Waals surface area (Å²) in [7, 11) is 0. The van der Waals surface area contributed by atoms with Crippen molar-refractivity contribution in [3.63, 3.8) is 0 Å². The second-order valence-corrected chi connectivity index (χ2v) is 4.54. The Morgan fingerprint density at radius 3 is 2.63 bits per heavy atom. The zero-order chi connectivity index (χ0) is 14.4. The molecule has 0 bridgehead atoms. The Morgan fingerprint density at radius 2 is 2.11 bits per heavy atom. The van der Waals surface area contributed by atoms with Crippen molar-refractivity contribution in [2.75, 3.05) is 11.6 Å². The van der Waals surface area contributed by atoms with Crippen LogP contribution in [0.2, 0.25) is 0 Å². The van der Waals surface area contributed by atoms with Gasteiger partial charge in [0.25, 0.3) is 5.96 Å². The summed E-state index contributed by atoms with van der Waals surface area (Å²) >= 11 is 1.29. The molecule has 1 aromatic rings. The van der Waals surface area contributed by atoms with Gasteiger partial charge in [-0.25, -0.2) is 10.1 Å². The molecule has 0 saturated heterocycles. The number of thioether (sulfide) groups is 1. The van der Waals surface area contributed by atoms with Crippen LogP contribution in [0.25, 0.3) is 0 Å². The van der Waals surface area contributed by atoms with Crippen molar-refractivity contribution >= 4 is 28.6 Å². The molecule has 0 atom stereocenters. The fourth-order valence-corrected chi connectivity index (χ4v) is 1.68. The largest absolute Gasteiger partial charge is 0.363 e. The third-order valence-electron chi connectivity index (χ3n) is 2.35. The van der Waals surface area contributed by atoms with Crippen LogP contribution in [-0.4, -0.2) is 22.4 Å². The van der Waals surface area contributed by atoms with E-state index in [0.29, 0.717) is 5.17 Å². The van der Waals surface area contributed by atoms with Gasteiger partial charge in [0.1, 0.15) is 5.10 Å². The number of hydrogen-bond acceptors (Lipinski definition) is 3. The Balaban J connectivity index is 2.90. The molecular weight excluding hydrogens is 266 g/mol. The number of anilines is 1. The molecule has 0 amide bonds. The third kappa shape index (κ3) is 4.96. The molecule has 0 aliphatic rings. The number of aliphatic imine (C=N–C) groups is 1. The van der Waals surface area contributed by atoms with Gasteiger partial charge >= 0.3 is 0 Å². The van der Waals surface area contributed by atoms with E-state index < -0.39 is 11.0 Å². The SMILES string of the molecule is CSC(=N/C(N)=N\[N+](=O)[O-])Nc1ccc(C)c(C)c1. The zero-order valence-corrected chi connectivity index (χ0v) is 11.7. The van der Waals surface area contributed by atoms with Crippen LogP contribution in [0, 0.1) is 24.0 Å². The smallest absolute Gasteiger partial charge is 0.294 e. The maximum atomic E-state index is 10.2. The van der Waals surface area contributed by atoms with Gasteiger partial charge in [-0.05, 0) is 43.4 Å². The van der Waals surface area contributed by atoms with Crippen LogP contribution in [0.3, 0.4) is 0 Å². The van der Waals surface area contributed by atoms with Gasteiger partial charge < -0.3 is 11.1 Å². The van der Waals surface area contributed by atoms with Crippen molar-refractivity contribution in [1.29, 1.82) is 0 Å². The molecule has 0 aliphatic carbocycles. The van der Waals surface area contributed by atoms with Crippen LogP contribution in [0.4, 0.5) is 5.69 Å². The topological polar surface area (TPSA) is 106 Å². The fourth-order valence-electron chi connectivity index (χ4n) is 1.28. The molecule has 102 valence electrons. The maximum absolute atomic E-state index is 10.2. The molecule has 7 nitrogen and oxygen atoms in total. The predicted molar refractivity (Wildman–Crippen MR) is 79.1 cm³/mol. The minimum Gasteiger partial charge on any atom is -0.363 e. The van der Waals surface area contributed by atoms with E-state index in [-0.39, 0.29) is 0 Å². The number of nitro groups is 1. The minimum atomic E-state index is -0.882. The van der Waals surface area contributed by atoms with E-state index in [0.717, 1.165) is 11.3 Å². The highest BCUT2D eigenvalue weighted by Crippen LogP contribution is 2.15. The number of nitrogens with zero attached hydrogens (tertiary/aromatic N) is 3. The van der Waals surface area contributed by atoms with E-state index in [4.69, 9.17) is 5.73 Å². The van der Waals surface area contributed by atoms with Gasteiger partial charge in [-0.3, -0.25) is 0 Å². The van der Waals surface area contributed by atoms with Crippen molar-refractivity contribution in [2.45, 2.75) is 13.8 Å². The second-order valence-electron chi connectivity index (χ2n) is 3.74. The Morgan fingerprint density at radius 1 is 1.42 bits per heavy atom. The standard InChI is InChI=1S/C11H15N5O2S/c1-7-4-5-9(6-8(7)2)13-11(19-3)14-10(12)15-16(17)18/h4-6H,1-3H3,(H3,12,13,14,15). The molecule has 0 radical (unpaired) electrons. The van der Waals surface area contributed by atoms with Crippen LogP contribution < -0.4 is 11.1 Å². The highest BCUT2D eigenvalue weighted by molar-refractivity contribution is 8.13. The fraction of sp³-hybridized carbons (Fsp3) is 0.273. The molecule has 0 heterocycles. The van der Waals surface area contributed by atoms with Gasteiger partial charge in [-0.2, -0.15) is 4.99 Å². The summed E-state index contributed by atoms with van der Waals surface area (Å²) in [5.74, 6) is -0.398. The van der Waals surface area contributed by atoms with Gasteiger partial charge in [-0.1, -0.05) is 17.8 Å². The van der Waals surface area contributed by atoms with Crippen molar-refractivity contribution in [3.05, 3.63) is 39.4 Å². The number of benzene rings is 1. The lowest BCUT2D eigenvalue weighted by Gasteiger charge is -2.08. The molecule has 1 aromatic carbocycles. The van der Waals surface area contributed by atoms with Crippen LogP contribution >= 0.6 is 11.8 Å². The highest BCUT2D eigenvalue weighted by Gasteiger charge is 2.03. The average molecular weight is 281 g/mol. The number of guanidine groups is 1.